The van der Waals surface area contributed by atoms with E-state index in [1.54, 1.807) is 0 Å². The third-order valence-electron chi connectivity index (χ3n) is 1.81. The minimum absolute atomic E-state index is 0.282. The molecule has 0 amide bonds. The zero-order chi connectivity index (χ0) is 11.4. The second-order valence-electron chi connectivity index (χ2n) is 3.62. The van der Waals surface area contributed by atoms with Crippen LogP contribution in [0.1, 0.15) is 13.3 Å². The lowest BCUT2D eigenvalue weighted by atomic mass is 10.5. The van der Waals surface area contributed by atoms with Gasteiger partial charge in [0.05, 0.1) is 12.2 Å². The van der Waals surface area contributed by atoms with Crippen molar-refractivity contribution >= 4 is 24.4 Å². The first kappa shape index (κ1) is 13.6. The van der Waals surface area contributed by atoms with Gasteiger partial charge in [-0.25, -0.2) is 0 Å². The van der Waals surface area contributed by atoms with E-state index in [-0.39, 0.29) is 6.42 Å². The van der Waals surface area contributed by atoms with Crippen molar-refractivity contribution < 1.29 is 22.2 Å². The Kier molecular flexibility index (Phi) is 4.76. The van der Waals surface area contributed by atoms with Crippen LogP contribution in [0, 0.1) is 0 Å². The van der Waals surface area contributed by atoms with Gasteiger partial charge in [0.1, 0.15) is 0 Å². The molecule has 0 unspecified atom stereocenters. The maximum Gasteiger partial charge on any atom is 0.293 e. The fourth-order valence-corrected chi connectivity index (χ4v) is 1.93. The van der Waals surface area contributed by atoms with Crippen molar-refractivity contribution in [3.63, 3.8) is 0 Å². The molecule has 0 aromatic carbocycles. The maximum atomic E-state index is 11.1. The summed E-state index contributed by atoms with van der Waals surface area (Å²) in [4.78, 5) is 11.1. The predicted octanol–water partition coefficient (Wildman–Crippen LogP) is 1.03. The van der Waals surface area contributed by atoms with Crippen LogP contribution in [0.3, 0.4) is 0 Å². The van der Waals surface area contributed by atoms with Gasteiger partial charge in [-0.05, 0) is 19.1 Å². The van der Waals surface area contributed by atoms with E-state index in [1.807, 2.05) is 20.0 Å². The Balaban J connectivity index is 4.01. The van der Waals surface area contributed by atoms with Gasteiger partial charge >= 0.3 is 0 Å². The van der Waals surface area contributed by atoms with Crippen LogP contribution < -0.4 is 0 Å². The van der Waals surface area contributed by atoms with Crippen molar-refractivity contribution in [1.29, 1.82) is 0 Å². The molecule has 0 spiro atoms. The summed E-state index contributed by atoms with van der Waals surface area (Å²) in [5.74, 6) is -1.12. The number of hydrogen-bond donors (Lipinski definition) is 1. The number of carbonyl (C=O) groups is 1. The van der Waals surface area contributed by atoms with Gasteiger partial charge in [-0.3, -0.25) is 9.35 Å². The second kappa shape index (κ2) is 4.90. The van der Waals surface area contributed by atoms with E-state index in [0.717, 1.165) is 6.04 Å². The molecule has 0 aliphatic rings. The van der Waals surface area contributed by atoms with Crippen molar-refractivity contribution in [3.8, 4) is 0 Å². The average Bonchev–Trinajstić information content (AvgIpc) is 1.99. The third-order valence-corrected chi connectivity index (χ3v) is 5.01. The van der Waals surface area contributed by atoms with Crippen LogP contribution >= 0.6 is 0 Å². The fraction of sp³-hybridized carbons (Fsp3) is 0.857. The summed E-state index contributed by atoms with van der Waals surface area (Å²) in [5.41, 5.74) is 0. The highest BCUT2D eigenvalue weighted by Crippen LogP contribution is 2.11. The molecule has 0 radical (unpaired) electrons. The van der Waals surface area contributed by atoms with E-state index in [1.165, 1.54) is 0 Å². The van der Waals surface area contributed by atoms with Crippen molar-refractivity contribution in [2.45, 2.75) is 32.5 Å². The Morgan fingerprint density at radius 2 is 1.93 bits per heavy atom. The summed E-state index contributed by atoms with van der Waals surface area (Å²) in [6.45, 7) is 5.67. The summed E-state index contributed by atoms with van der Waals surface area (Å²) in [6.07, 6.45) is -0.282. The van der Waals surface area contributed by atoms with Crippen LogP contribution in [-0.4, -0.2) is 33.0 Å². The standard InChI is InChI=1S/C7H16O5SSi/c1-4-14(2,3)12-7(8)5-6-13(9,10)11/h4-6H2,1-3H3,(H,9,10,11). The Bertz CT molecular complexity index is 295. The van der Waals surface area contributed by atoms with Crippen molar-refractivity contribution in [2.24, 2.45) is 0 Å². The SMILES string of the molecule is CC[Si](C)(C)OC(=O)CCS(=O)(=O)O. The molecular weight excluding hydrogens is 224 g/mol. The summed E-state index contributed by atoms with van der Waals surface area (Å²) in [6, 6.07) is 0.782. The lowest BCUT2D eigenvalue weighted by molar-refractivity contribution is -0.134. The second-order valence-corrected chi connectivity index (χ2v) is 9.63. The molecule has 1 N–H and O–H groups in total. The van der Waals surface area contributed by atoms with Crippen LogP contribution in [0.2, 0.25) is 19.1 Å². The van der Waals surface area contributed by atoms with Crippen LogP contribution in [0.5, 0.6) is 0 Å². The molecule has 84 valence electrons. The Morgan fingerprint density at radius 1 is 1.43 bits per heavy atom. The van der Waals surface area contributed by atoms with E-state index in [0.29, 0.717) is 0 Å². The molecular formula is C7H16O5SSi. The van der Waals surface area contributed by atoms with Gasteiger partial charge in [-0.15, -0.1) is 0 Å². The van der Waals surface area contributed by atoms with Gasteiger partial charge in [-0.1, -0.05) is 6.92 Å². The average molecular weight is 240 g/mol. The molecule has 0 atom stereocenters. The molecule has 0 fully saturated rings. The quantitative estimate of drug-likeness (QED) is 0.573. The molecule has 0 aromatic rings. The summed E-state index contributed by atoms with van der Waals surface area (Å²) in [5, 5.41) is 0. The lowest BCUT2D eigenvalue weighted by Crippen LogP contribution is -2.32. The normalized spacial score (nSPS) is 12.6. The largest absolute Gasteiger partial charge is 0.520 e. The highest BCUT2D eigenvalue weighted by molar-refractivity contribution is 7.85. The van der Waals surface area contributed by atoms with Crippen LogP contribution in [0.15, 0.2) is 0 Å². The molecule has 0 heterocycles. The maximum absolute atomic E-state index is 11.1. The molecule has 0 bridgehead atoms. The fourth-order valence-electron chi connectivity index (χ4n) is 0.644. The number of carbonyl (C=O) groups excluding carboxylic acids is 1. The molecule has 0 aromatic heterocycles. The van der Waals surface area contributed by atoms with Crippen LogP contribution in [-0.2, 0) is 19.3 Å². The minimum Gasteiger partial charge on any atom is -0.520 e. The zero-order valence-corrected chi connectivity index (χ0v) is 10.4. The molecule has 0 rings (SSSR count). The van der Waals surface area contributed by atoms with Gasteiger partial charge in [0, 0.05) is 0 Å². The highest BCUT2D eigenvalue weighted by atomic mass is 32.2. The van der Waals surface area contributed by atoms with Gasteiger partial charge in [0.2, 0.25) is 8.32 Å². The first-order valence-electron chi connectivity index (χ1n) is 4.33. The summed E-state index contributed by atoms with van der Waals surface area (Å²) >= 11 is 0. The van der Waals surface area contributed by atoms with Gasteiger partial charge in [0.15, 0.2) is 0 Å². The van der Waals surface area contributed by atoms with Crippen molar-refractivity contribution in [1.82, 2.24) is 0 Å². The van der Waals surface area contributed by atoms with Gasteiger partial charge in [0.25, 0.3) is 16.1 Å². The molecule has 0 saturated heterocycles. The van der Waals surface area contributed by atoms with E-state index >= 15 is 0 Å². The Hall–Kier alpha value is -0.403. The van der Waals surface area contributed by atoms with Crippen molar-refractivity contribution in [3.05, 3.63) is 0 Å². The lowest BCUT2D eigenvalue weighted by Gasteiger charge is -2.20. The summed E-state index contributed by atoms with van der Waals surface area (Å²) in [7, 11) is -6.03. The molecule has 0 aliphatic carbocycles. The molecule has 5 nitrogen and oxygen atoms in total. The Labute approximate surface area is 85.3 Å². The number of hydrogen-bond acceptors (Lipinski definition) is 4. The first-order chi connectivity index (χ1) is 6.16. The predicted molar refractivity (Wildman–Crippen MR) is 55.1 cm³/mol. The van der Waals surface area contributed by atoms with Gasteiger partial charge in [-0.2, -0.15) is 8.42 Å². The van der Waals surface area contributed by atoms with E-state index in [4.69, 9.17) is 8.98 Å². The third kappa shape index (κ3) is 7.04. The minimum atomic E-state index is -4.07. The van der Waals surface area contributed by atoms with Crippen LogP contribution in [0.25, 0.3) is 0 Å². The Morgan fingerprint density at radius 3 is 2.29 bits per heavy atom. The smallest absolute Gasteiger partial charge is 0.293 e. The van der Waals surface area contributed by atoms with Crippen LogP contribution in [0.4, 0.5) is 0 Å². The monoisotopic (exact) mass is 240 g/mol. The first-order valence-corrected chi connectivity index (χ1v) is 9.06. The van der Waals surface area contributed by atoms with Crippen molar-refractivity contribution in [2.75, 3.05) is 5.75 Å². The number of rotatable bonds is 5. The molecule has 0 aliphatic heterocycles. The highest BCUT2D eigenvalue weighted by Gasteiger charge is 2.24. The topological polar surface area (TPSA) is 80.7 Å². The van der Waals surface area contributed by atoms with E-state index in [9.17, 15) is 13.2 Å². The zero-order valence-electron chi connectivity index (χ0n) is 8.61. The molecule has 14 heavy (non-hydrogen) atoms. The molecule has 0 saturated carbocycles. The van der Waals surface area contributed by atoms with Gasteiger partial charge < -0.3 is 4.43 Å². The summed E-state index contributed by atoms with van der Waals surface area (Å²) < 4.78 is 34.2. The molecule has 7 heteroatoms. The van der Waals surface area contributed by atoms with E-state index < -0.39 is 30.2 Å². The van der Waals surface area contributed by atoms with E-state index in [2.05, 4.69) is 0 Å².